The van der Waals surface area contributed by atoms with E-state index in [9.17, 15) is 15.3 Å². The maximum Gasteiger partial charge on any atom is 0.0701 e. The van der Waals surface area contributed by atoms with Crippen LogP contribution in [0.5, 0.6) is 0 Å². The van der Waals surface area contributed by atoms with Crippen LogP contribution in [0.25, 0.3) is 0 Å². The number of hydrogen-bond donors (Lipinski definition) is 3. The summed E-state index contributed by atoms with van der Waals surface area (Å²) in [7, 11) is 0. The van der Waals surface area contributed by atoms with E-state index >= 15 is 0 Å². The van der Waals surface area contributed by atoms with E-state index in [4.69, 9.17) is 9.47 Å². The van der Waals surface area contributed by atoms with E-state index in [1.165, 1.54) is 212 Å². The molecular formula is C63H130N2O5. The fourth-order valence-corrected chi connectivity index (χ4v) is 10.4. The Hall–Kier alpha value is -0.280. The topological polar surface area (TPSA) is 85.6 Å². The molecule has 422 valence electrons. The molecule has 3 N–H and O–H groups in total. The van der Waals surface area contributed by atoms with Crippen molar-refractivity contribution in [3.63, 3.8) is 0 Å². The summed E-state index contributed by atoms with van der Waals surface area (Å²) >= 11 is 0. The van der Waals surface area contributed by atoms with Gasteiger partial charge in [0.2, 0.25) is 0 Å². The monoisotopic (exact) mass is 995 g/mol. The SMILES string of the molecule is CCCCCCCCCCC(C)C(C)CN(CCOCCOCCN(CC(O)C(C)CCCCCCCCCC)CC(O)C(C)CCCCCCCCCC)CC(O)C(C)CCCCCCCCCC. The Morgan fingerprint density at radius 3 is 0.771 bits per heavy atom. The van der Waals surface area contributed by atoms with Crippen LogP contribution in [-0.4, -0.2) is 109 Å². The molecule has 7 nitrogen and oxygen atoms in total. The Morgan fingerprint density at radius 1 is 0.271 bits per heavy atom. The fraction of sp³-hybridized carbons (Fsp3) is 1.00. The lowest BCUT2D eigenvalue weighted by atomic mass is 9.89. The van der Waals surface area contributed by atoms with Crippen molar-refractivity contribution in [2.24, 2.45) is 29.6 Å². The summed E-state index contributed by atoms with van der Waals surface area (Å²) in [6, 6.07) is 0. The lowest BCUT2D eigenvalue weighted by Crippen LogP contribution is -2.43. The summed E-state index contributed by atoms with van der Waals surface area (Å²) in [5.74, 6) is 2.03. The smallest absolute Gasteiger partial charge is 0.0701 e. The molecule has 0 aliphatic rings. The van der Waals surface area contributed by atoms with Gasteiger partial charge in [-0.05, 0) is 48.9 Å². The van der Waals surface area contributed by atoms with Crippen molar-refractivity contribution in [2.45, 2.75) is 312 Å². The molecule has 0 aromatic carbocycles. The Morgan fingerprint density at radius 2 is 0.500 bits per heavy atom. The minimum atomic E-state index is -0.409. The molecule has 0 amide bonds. The molecule has 0 heterocycles. The Bertz CT molecular complexity index is 873. The van der Waals surface area contributed by atoms with E-state index in [1.807, 2.05) is 0 Å². The van der Waals surface area contributed by atoms with Gasteiger partial charge < -0.3 is 24.8 Å². The predicted octanol–water partition coefficient (Wildman–Crippen LogP) is 17.0. The summed E-state index contributed by atoms with van der Waals surface area (Å²) in [5.41, 5.74) is 0. The third-order valence-electron chi connectivity index (χ3n) is 16.4. The third-order valence-corrected chi connectivity index (χ3v) is 16.4. The molecule has 0 aliphatic carbocycles. The van der Waals surface area contributed by atoms with Gasteiger partial charge >= 0.3 is 0 Å². The molecule has 0 fully saturated rings. The second-order valence-corrected chi connectivity index (χ2v) is 23.4. The molecule has 8 atom stereocenters. The van der Waals surface area contributed by atoms with E-state index in [-0.39, 0.29) is 17.9 Å². The van der Waals surface area contributed by atoms with Crippen molar-refractivity contribution in [2.75, 3.05) is 65.7 Å². The molecule has 0 aromatic heterocycles. The van der Waals surface area contributed by atoms with Crippen molar-refractivity contribution in [3.05, 3.63) is 0 Å². The van der Waals surface area contributed by atoms with E-state index in [1.54, 1.807) is 0 Å². The quantitative estimate of drug-likeness (QED) is 0.0524. The zero-order chi connectivity index (χ0) is 51.7. The van der Waals surface area contributed by atoms with Crippen LogP contribution in [0.3, 0.4) is 0 Å². The van der Waals surface area contributed by atoms with Crippen molar-refractivity contribution < 1.29 is 24.8 Å². The Kier molecular flexibility index (Phi) is 52.0. The second kappa shape index (κ2) is 52.2. The molecule has 0 saturated carbocycles. The average molecular weight is 996 g/mol. The molecule has 8 unspecified atom stereocenters. The minimum Gasteiger partial charge on any atom is -0.392 e. The zero-order valence-corrected chi connectivity index (χ0v) is 49.2. The highest BCUT2D eigenvalue weighted by atomic mass is 16.5. The molecule has 0 aliphatic heterocycles. The number of unbranched alkanes of at least 4 members (excludes halogenated alkanes) is 28. The standard InChI is InChI=1S/C63H130N2O5/c1-10-14-18-22-26-30-34-38-42-56(5)60(9)52-64(53-61(66)57(6)43-39-35-31-27-23-19-15-11-2)46-48-69-50-51-70-49-47-65(54-62(67)58(7)44-40-36-32-28-24-20-16-12-3)55-63(68)59(8)45-41-37-33-29-25-21-17-13-4/h56-63,66-68H,10-55H2,1-9H3. The highest BCUT2D eigenvalue weighted by molar-refractivity contribution is 4.77. The van der Waals surface area contributed by atoms with Gasteiger partial charge in [-0.3, -0.25) is 9.80 Å². The van der Waals surface area contributed by atoms with Gasteiger partial charge in [-0.25, -0.2) is 0 Å². The van der Waals surface area contributed by atoms with Gasteiger partial charge in [0.15, 0.2) is 0 Å². The fourth-order valence-electron chi connectivity index (χ4n) is 10.4. The highest BCUT2D eigenvalue weighted by Crippen LogP contribution is 2.24. The normalized spacial score (nSPS) is 15.7. The lowest BCUT2D eigenvalue weighted by molar-refractivity contribution is -0.00220. The van der Waals surface area contributed by atoms with E-state index in [2.05, 4.69) is 72.1 Å². The second-order valence-electron chi connectivity index (χ2n) is 23.4. The number of hydrogen-bond acceptors (Lipinski definition) is 7. The molecule has 7 heteroatoms. The zero-order valence-electron chi connectivity index (χ0n) is 49.2. The average Bonchev–Trinajstić information content (AvgIpc) is 3.34. The van der Waals surface area contributed by atoms with Crippen LogP contribution in [0.4, 0.5) is 0 Å². The van der Waals surface area contributed by atoms with Crippen LogP contribution in [0.2, 0.25) is 0 Å². The first-order valence-electron chi connectivity index (χ1n) is 31.6. The first kappa shape index (κ1) is 69.7. The van der Waals surface area contributed by atoms with Gasteiger partial charge in [0.1, 0.15) is 0 Å². The van der Waals surface area contributed by atoms with Crippen LogP contribution >= 0.6 is 0 Å². The number of ether oxygens (including phenoxy) is 2. The molecule has 0 rings (SSSR count). The van der Waals surface area contributed by atoms with Gasteiger partial charge in [0, 0.05) is 39.3 Å². The molecular weight excluding hydrogens is 865 g/mol. The van der Waals surface area contributed by atoms with Gasteiger partial charge in [-0.15, -0.1) is 0 Å². The summed E-state index contributed by atoms with van der Waals surface area (Å²) in [6.07, 6.45) is 45.9. The van der Waals surface area contributed by atoms with Crippen molar-refractivity contribution in [1.29, 1.82) is 0 Å². The van der Waals surface area contributed by atoms with Crippen molar-refractivity contribution in [3.8, 4) is 0 Å². The Balaban J connectivity index is 5.17. The van der Waals surface area contributed by atoms with E-state index in [0.29, 0.717) is 63.8 Å². The van der Waals surface area contributed by atoms with E-state index < -0.39 is 12.2 Å². The van der Waals surface area contributed by atoms with E-state index in [0.717, 1.165) is 38.9 Å². The van der Waals surface area contributed by atoms with Gasteiger partial charge in [0.25, 0.3) is 0 Å². The largest absolute Gasteiger partial charge is 0.392 e. The Labute approximate surface area is 439 Å². The maximum absolute atomic E-state index is 11.5. The van der Waals surface area contributed by atoms with Crippen LogP contribution in [-0.2, 0) is 9.47 Å². The van der Waals surface area contributed by atoms with Crippen LogP contribution < -0.4 is 0 Å². The van der Waals surface area contributed by atoms with Crippen LogP contribution in [0.1, 0.15) is 293 Å². The highest BCUT2D eigenvalue weighted by Gasteiger charge is 2.24. The molecule has 0 bridgehead atoms. The summed E-state index contributed by atoms with van der Waals surface area (Å²) < 4.78 is 12.4. The first-order valence-corrected chi connectivity index (χ1v) is 31.6. The molecule has 70 heavy (non-hydrogen) atoms. The minimum absolute atomic E-state index is 0.240. The molecule has 0 aromatic rings. The maximum atomic E-state index is 11.5. The summed E-state index contributed by atoms with van der Waals surface area (Å²) in [4.78, 5) is 4.75. The first-order chi connectivity index (χ1) is 34.0. The number of rotatable bonds is 57. The molecule has 0 saturated heterocycles. The van der Waals surface area contributed by atoms with Gasteiger partial charge in [-0.1, -0.05) is 274 Å². The van der Waals surface area contributed by atoms with Gasteiger partial charge in [0.05, 0.1) is 44.7 Å². The summed E-state index contributed by atoms with van der Waals surface area (Å²) in [6.45, 7) is 27.4. The molecule has 0 radical (unpaired) electrons. The lowest BCUT2D eigenvalue weighted by Gasteiger charge is -2.32. The number of nitrogens with zero attached hydrogens (tertiary/aromatic N) is 2. The van der Waals surface area contributed by atoms with Crippen molar-refractivity contribution in [1.82, 2.24) is 9.80 Å². The van der Waals surface area contributed by atoms with Crippen LogP contribution in [0.15, 0.2) is 0 Å². The number of aliphatic hydroxyl groups is 3. The van der Waals surface area contributed by atoms with Crippen molar-refractivity contribution >= 4 is 0 Å². The predicted molar refractivity (Wildman–Crippen MR) is 307 cm³/mol. The van der Waals surface area contributed by atoms with Crippen LogP contribution in [0, 0.1) is 29.6 Å². The summed E-state index contributed by atoms with van der Waals surface area (Å²) in [5, 5.41) is 34.3. The van der Waals surface area contributed by atoms with Gasteiger partial charge in [-0.2, -0.15) is 0 Å². The molecule has 0 spiro atoms. The third kappa shape index (κ3) is 44.1. The number of aliphatic hydroxyl groups excluding tert-OH is 3.